The number of carbonyl (C=O) groups is 1. The van der Waals surface area contributed by atoms with Crippen LogP contribution in [0.3, 0.4) is 0 Å². The van der Waals surface area contributed by atoms with Crippen molar-refractivity contribution in [3.05, 3.63) is 23.8 Å². The van der Waals surface area contributed by atoms with Gasteiger partial charge in [0, 0.05) is 17.2 Å². The normalized spacial score (nSPS) is 13.5. The van der Waals surface area contributed by atoms with Crippen molar-refractivity contribution < 1.29 is 18.8 Å². The first-order valence-electron chi connectivity index (χ1n) is 8.06. The van der Waals surface area contributed by atoms with Crippen LogP contribution in [0.4, 0.5) is 0 Å². The van der Waals surface area contributed by atoms with Crippen molar-refractivity contribution in [1.82, 2.24) is 10.0 Å². The van der Waals surface area contributed by atoms with E-state index in [-0.39, 0.29) is 19.1 Å². The summed E-state index contributed by atoms with van der Waals surface area (Å²) < 4.78 is 19.4. The van der Waals surface area contributed by atoms with Crippen LogP contribution in [0.5, 0.6) is 11.5 Å². The molecule has 0 aromatic heterocycles. The van der Waals surface area contributed by atoms with Gasteiger partial charge in [-0.3, -0.25) is 4.79 Å². The first-order valence-corrected chi connectivity index (χ1v) is 9.62. The number of amides is 1. The fourth-order valence-electron chi connectivity index (χ4n) is 2.43. The van der Waals surface area contributed by atoms with Crippen LogP contribution in [0.2, 0.25) is 0 Å². The summed E-state index contributed by atoms with van der Waals surface area (Å²) in [6.45, 7) is 11.3. The largest absolute Gasteiger partial charge is 0.504 e. The lowest BCUT2D eigenvalue weighted by Crippen LogP contribution is -2.62. The molecular weight excluding hydrogens is 352 g/mol. The van der Waals surface area contributed by atoms with Gasteiger partial charge in [0.15, 0.2) is 11.5 Å². The number of aromatic hydroxyl groups is 1. The molecule has 1 atom stereocenters. The molecule has 7 heteroatoms. The maximum Gasteiger partial charge on any atom is 0.241 e. The van der Waals surface area contributed by atoms with Crippen LogP contribution in [-0.2, 0) is 21.2 Å². The van der Waals surface area contributed by atoms with Crippen molar-refractivity contribution in [2.45, 2.75) is 65.5 Å². The predicted molar refractivity (Wildman–Crippen MR) is 108 cm³/mol. The fourth-order valence-corrected chi connectivity index (χ4v) is 3.24. The van der Waals surface area contributed by atoms with Crippen molar-refractivity contribution in [2.75, 3.05) is 13.4 Å². The van der Waals surface area contributed by atoms with Crippen molar-refractivity contribution >= 4 is 16.9 Å². The summed E-state index contributed by atoms with van der Waals surface area (Å²) in [5, 5.41) is 12.9. The summed E-state index contributed by atoms with van der Waals surface area (Å²) in [6.07, 6.45) is 1.49. The molecule has 1 aromatic rings. The van der Waals surface area contributed by atoms with Gasteiger partial charge in [0.05, 0.1) is 18.1 Å². The lowest BCUT2D eigenvalue weighted by Gasteiger charge is -2.44. The third-order valence-electron chi connectivity index (χ3n) is 4.86. The summed E-state index contributed by atoms with van der Waals surface area (Å²) >= 11 is 0. The first kappa shape index (κ1) is 24.4. The number of nitrogens with one attached hydrogen (secondary N) is 2. The number of ether oxygens (including phenoxy) is 1. The molecule has 1 aromatic carbocycles. The van der Waals surface area contributed by atoms with E-state index in [9.17, 15) is 14.1 Å². The van der Waals surface area contributed by atoms with Gasteiger partial charge >= 0.3 is 0 Å². The van der Waals surface area contributed by atoms with Gasteiger partial charge < -0.3 is 15.2 Å². The van der Waals surface area contributed by atoms with E-state index in [4.69, 9.17) is 4.74 Å². The number of hydrogen-bond donors (Lipinski definition) is 3. The second-order valence-electron chi connectivity index (χ2n) is 7.77. The summed E-state index contributed by atoms with van der Waals surface area (Å²) in [7, 11) is 0.195. The van der Waals surface area contributed by atoms with Crippen LogP contribution < -0.4 is 14.8 Å². The number of phenols is 1. The van der Waals surface area contributed by atoms with Gasteiger partial charge in [-0.25, -0.2) is 8.93 Å². The highest BCUT2D eigenvalue weighted by molar-refractivity contribution is 7.82. The minimum absolute atomic E-state index is 0. The van der Waals surface area contributed by atoms with Crippen LogP contribution in [0.1, 0.15) is 54.5 Å². The minimum Gasteiger partial charge on any atom is -0.504 e. The van der Waals surface area contributed by atoms with Gasteiger partial charge in [0.1, 0.15) is 5.54 Å². The topological polar surface area (TPSA) is 87.7 Å². The molecule has 0 aliphatic heterocycles. The maximum absolute atomic E-state index is 12.7. The highest BCUT2D eigenvalue weighted by Crippen LogP contribution is 2.38. The zero-order valence-corrected chi connectivity index (χ0v) is 17.1. The van der Waals surface area contributed by atoms with E-state index < -0.39 is 27.5 Å². The van der Waals surface area contributed by atoms with E-state index in [1.54, 1.807) is 26.0 Å². The van der Waals surface area contributed by atoms with Crippen molar-refractivity contribution in [3.8, 4) is 11.5 Å². The van der Waals surface area contributed by atoms with E-state index >= 15 is 0 Å². The standard InChI is InChI=1S/C18H30N2O4S.CH4/c1-16(2,12-9-10-13(21)14(11-12)24-7)18(5,6)19-15(22)17(3,4)20-25(8)23;/h9-11,20-21H,1-8H3,(H,19,22);1H4. The number of benzene rings is 1. The van der Waals surface area contributed by atoms with E-state index in [2.05, 4.69) is 10.0 Å². The second-order valence-corrected chi connectivity index (χ2v) is 8.88. The Labute approximate surface area is 160 Å². The molecule has 0 aliphatic carbocycles. The molecule has 26 heavy (non-hydrogen) atoms. The van der Waals surface area contributed by atoms with E-state index in [0.717, 1.165) is 5.56 Å². The van der Waals surface area contributed by atoms with Crippen molar-refractivity contribution in [2.24, 2.45) is 0 Å². The fraction of sp³-hybridized carbons (Fsp3) is 0.632. The van der Waals surface area contributed by atoms with Crippen LogP contribution in [0.25, 0.3) is 0 Å². The maximum atomic E-state index is 12.7. The zero-order chi connectivity index (χ0) is 19.6. The Morgan fingerprint density at radius 2 is 1.69 bits per heavy atom. The van der Waals surface area contributed by atoms with Gasteiger partial charge in [0.25, 0.3) is 0 Å². The van der Waals surface area contributed by atoms with Gasteiger partial charge in [0.2, 0.25) is 5.91 Å². The lowest BCUT2D eigenvalue weighted by atomic mass is 9.69. The molecule has 0 saturated heterocycles. The third kappa shape index (κ3) is 5.20. The molecule has 3 N–H and O–H groups in total. The molecular formula is C19H34N2O4S. The monoisotopic (exact) mass is 386 g/mol. The number of phenolic OH excluding ortho intramolecular Hbond substituents is 1. The first-order chi connectivity index (χ1) is 11.2. The van der Waals surface area contributed by atoms with Gasteiger partial charge in [-0.05, 0) is 45.4 Å². The second kappa shape index (κ2) is 8.39. The summed E-state index contributed by atoms with van der Waals surface area (Å²) in [5.41, 5.74) is -1.15. The Kier molecular flexibility index (Phi) is 7.88. The Bertz CT molecular complexity index is 670. The van der Waals surface area contributed by atoms with Crippen LogP contribution >= 0.6 is 0 Å². The van der Waals surface area contributed by atoms with Crippen LogP contribution in [-0.4, -0.2) is 39.7 Å². The molecule has 1 rings (SSSR count). The molecule has 0 aliphatic rings. The molecule has 0 fully saturated rings. The Morgan fingerprint density at radius 3 is 2.15 bits per heavy atom. The number of carbonyl (C=O) groups excluding carboxylic acids is 1. The van der Waals surface area contributed by atoms with Crippen LogP contribution in [0, 0.1) is 0 Å². The van der Waals surface area contributed by atoms with Crippen molar-refractivity contribution in [1.29, 1.82) is 0 Å². The number of methoxy groups -OCH3 is 1. The molecule has 0 bridgehead atoms. The molecule has 1 amide bonds. The smallest absolute Gasteiger partial charge is 0.241 e. The summed E-state index contributed by atoms with van der Waals surface area (Å²) in [5.74, 6) is 0.210. The van der Waals surface area contributed by atoms with Gasteiger partial charge in [-0.2, -0.15) is 0 Å². The number of rotatable bonds is 7. The molecule has 1 unspecified atom stereocenters. The molecule has 0 radical (unpaired) electrons. The van der Waals surface area contributed by atoms with Gasteiger partial charge in [-0.1, -0.05) is 27.3 Å². The Hall–Kier alpha value is -1.60. The average Bonchev–Trinajstić information content (AvgIpc) is 2.45. The molecule has 0 spiro atoms. The van der Waals surface area contributed by atoms with Gasteiger partial charge in [-0.15, -0.1) is 0 Å². The van der Waals surface area contributed by atoms with Crippen LogP contribution in [0.15, 0.2) is 18.2 Å². The van der Waals surface area contributed by atoms with E-state index in [0.29, 0.717) is 5.75 Å². The Balaban J connectivity index is 0.00000625. The zero-order valence-electron chi connectivity index (χ0n) is 16.3. The molecule has 150 valence electrons. The predicted octanol–water partition coefficient (Wildman–Crippen LogP) is 2.87. The van der Waals surface area contributed by atoms with E-state index in [1.165, 1.54) is 13.4 Å². The summed E-state index contributed by atoms with van der Waals surface area (Å²) in [6, 6.07) is 5.17. The van der Waals surface area contributed by atoms with E-state index in [1.807, 2.05) is 33.8 Å². The highest BCUT2D eigenvalue weighted by Gasteiger charge is 2.42. The molecule has 6 nitrogen and oxygen atoms in total. The number of hydrogen-bond acceptors (Lipinski definition) is 4. The Morgan fingerprint density at radius 1 is 1.15 bits per heavy atom. The summed E-state index contributed by atoms with van der Waals surface area (Å²) in [4.78, 5) is 12.7. The molecule has 0 saturated carbocycles. The minimum atomic E-state index is -1.30. The van der Waals surface area contributed by atoms with Crippen molar-refractivity contribution in [3.63, 3.8) is 0 Å². The highest BCUT2D eigenvalue weighted by atomic mass is 32.2. The quantitative estimate of drug-likeness (QED) is 0.672. The SMILES string of the molecule is C.COc1cc(C(C)(C)C(C)(C)NC(=O)C(C)(C)NS(C)=O)ccc1O. The molecule has 0 heterocycles. The lowest BCUT2D eigenvalue weighted by molar-refractivity contribution is -0.128. The average molecular weight is 387 g/mol. The third-order valence-corrected chi connectivity index (χ3v) is 5.65.